The van der Waals surface area contributed by atoms with E-state index in [0.29, 0.717) is 5.56 Å². The Morgan fingerprint density at radius 2 is 0.757 bits per heavy atom. The van der Waals surface area contributed by atoms with E-state index < -0.39 is 0 Å². The molecule has 0 spiro atoms. The van der Waals surface area contributed by atoms with E-state index in [-0.39, 0.29) is 0 Å². The minimum atomic E-state index is 0.574. The van der Waals surface area contributed by atoms with Gasteiger partial charge < -0.3 is 9.13 Å². The molecule has 9 aromatic carbocycles. The number of fused-ring (bicyclic) bond motifs is 6. The van der Waals surface area contributed by atoms with E-state index >= 15 is 0 Å². The molecule has 0 N–H and O–H groups in total. The van der Waals surface area contributed by atoms with Crippen LogP contribution in [0.25, 0.3) is 111 Å². The van der Waals surface area contributed by atoms with E-state index in [1.165, 1.54) is 61.0 Å². The lowest BCUT2D eigenvalue weighted by Gasteiger charge is -2.20. The summed E-state index contributed by atoms with van der Waals surface area (Å²) >= 11 is 0. The van der Waals surface area contributed by atoms with Crippen molar-refractivity contribution in [2.24, 2.45) is 0 Å². The normalized spacial score (nSPS) is 11.6. The number of aryl methyl sites for hydroxylation is 6. The van der Waals surface area contributed by atoms with E-state index in [2.05, 4.69) is 214 Å². The van der Waals surface area contributed by atoms with Crippen LogP contribution in [0.1, 0.15) is 38.9 Å². The second kappa shape index (κ2) is 16.8. The smallest absolute Gasteiger partial charge is 0.0998 e. The Morgan fingerprint density at radius 1 is 0.357 bits per heavy atom. The highest BCUT2D eigenvalue weighted by molar-refractivity contribution is 6.13. The highest BCUT2D eigenvalue weighted by atomic mass is 15.1. The molecule has 0 radical (unpaired) electrons. The number of aromatic nitrogens is 3. The van der Waals surface area contributed by atoms with Crippen molar-refractivity contribution in [3.05, 3.63) is 233 Å². The summed E-state index contributed by atoms with van der Waals surface area (Å²) in [5.74, 6) is 0. The SMILES string of the molecule is Cc1cc(C)c(-c2ccc3c(c2)c2ccccc2n3-c2cc(C#N)c(-c3cc(-c4ccccc4)nc(-c4ccccc4)c3)cc2-n2c3ccccc3c3cc(-c4c(C)cc(C)cc4C)ccc32)c(C)c1. The monoisotopic (exact) mass is 898 g/mol. The summed E-state index contributed by atoms with van der Waals surface area (Å²) in [5.41, 5.74) is 24.7. The van der Waals surface area contributed by atoms with Gasteiger partial charge in [0.1, 0.15) is 0 Å². The van der Waals surface area contributed by atoms with Crippen molar-refractivity contribution in [2.75, 3.05) is 0 Å². The highest BCUT2D eigenvalue weighted by Crippen LogP contribution is 2.44. The van der Waals surface area contributed by atoms with Crippen molar-refractivity contribution in [1.82, 2.24) is 14.1 Å². The van der Waals surface area contributed by atoms with Gasteiger partial charge in [-0.1, -0.05) is 145 Å². The summed E-state index contributed by atoms with van der Waals surface area (Å²) in [4.78, 5) is 5.24. The third-order valence-corrected chi connectivity index (χ3v) is 14.3. The standard InChI is InChI=1S/C66H50N4/c1-40-29-42(3)65(43(4)30-40)48-25-27-61-55(33-48)52-21-13-15-23-59(52)69(61)63-37-51(39-67)54(50-35-57(46-17-9-7-10-18-46)68-58(36-50)47-19-11-8-12-20-47)38-64(63)70-60-24-16-14-22-53(60)56-34-49(26-28-62(56)70)66-44(5)31-41(2)32-45(66)6/h7-38H,1-6H3. The van der Waals surface area contributed by atoms with Crippen LogP contribution in [0.5, 0.6) is 0 Å². The lowest BCUT2D eigenvalue weighted by Crippen LogP contribution is -2.06. The first-order valence-corrected chi connectivity index (χ1v) is 24.1. The lowest BCUT2D eigenvalue weighted by atomic mass is 9.93. The van der Waals surface area contributed by atoms with Crippen molar-refractivity contribution in [3.63, 3.8) is 0 Å². The van der Waals surface area contributed by atoms with Crippen LogP contribution in [0.4, 0.5) is 0 Å². The lowest BCUT2D eigenvalue weighted by molar-refractivity contribution is 1.09. The van der Waals surface area contributed by atoms with Crippen LogP contribution in [0, 0.1) is 52.9 Å². The quantitative estimate of drug-likeness (QED) is 0.160. The minimum absolute atomic E-state index is 0.574. The Hall–Kier alpha value is -8.78. The molecule has 0 bridgehead atoms. The molecule has 0 aliphatic rings. The molecule has 0 aliphatic heterocycles. The second-order valence-electron chi connectivity index (χ2n) is 19.1. The molecule has 3 heterocycles. The summed E-state index contributed by atoms with van der Waals surface area (Å²) in [5, 5.41) is 16.1. The van der Waals surface area contributed by atoms with Crippen LogP contribution >= 0.6 is 0 Å². The van der Waals surface area contributed by atoms with E-state index in [1.807, 2.05) is 36.4 Å². The van der Waals surface area contributed by atoms with Gasteiger partial charge in [0.25, 0.3) is 0 Å². The Bertz CT molecular complexity index is 4020. The highest BCUT2D eigenvalue weighted by Gasteiger charge is 2.24. The zero-order valence-electron chi connectivity index (χ0n) is 40.3. The van der Waals surface area contributed by atoms with Gasteiger partial charge in [-0.05, 0) is 152 Å². The van der Waals surface area contributed by atoms with Crippen molar-refractivity contribution < 1.29 is 0 Å². The summed E-state index contributed by atoms with van der Waals surface area (Å²) in [6.45, 7) is 13.2. The van der Waals surface area contributed by atoms with Crippen LogP contribution < -0.4 is 0 Å². The number of pyridine rings is 1. The molecular formula is C66H50N4. The molecule has 0 unspecified atom stereocenters. The van der Waals surface area contributed by atoms with Gasteiger partial charge >= 0.3 is 0 Å². The largest absolute Gasteiger partial charge is 0.307 e. The molecule has 3 aromatic heterocycles. The average molecular weight is 899 g/mol. The molecule has 0 aliphatic carbocycles. The Balaban J connectivity index is 1.19. The molecule has 12 aromatic rings. The molecule has 70 heavy (non-hydrogen) atoms. The maximum atomic E-state index is 11.4. The van der Waals surface area contributed by atoms with Crippen LogP contribution in [-0.2, 0) is 0 Å². The summed E-state index contributed by atoms with van der Waals surface area (Å²) in [7, 11) is 0. The fraction of sp³-hybridized carbons (Fsp3) is 0.0909. The molecule has 0 fully saturated rings. The molecular weight excluding hydrogens is 849 g/mol. The van der Waals surface area contributed by atoms with Gasteiger partial charge in [-0.25, -0.2) is 4.98 Å². The van der Waals surface area contributed by atoms with Crippen molar-refractivity contribution in [2.45, 2.75) is 41.5 Å². The number of hydrogen-bond donors (Lipinski definition) is 0. The summed E-state index contributed by atoms with van der Waals surface area (Å²) in [6.07, 6.45) is 0. The molecule has 12 rings (SSSR count). The maximum absolute atomic E-state index is 11.4. The average Bonchev–Trinajstić information content (AvgIpc) is 3.88. The molecule has 334 valence electrons. The fourth-order valence-electron chi connectivity index (χ4n) is 11.5. The van der Waals surface area contributed by atoms with E-state index in [0.717, 1.165) is 83.2 Å². The number of hydrogen-bond acceptors (Lipinski definition) is 2. The van der Waals surface area contributed by atoms with Crippen molar-refractivity contribution >= 4 is 43.6 Å². The molecule has 0 atom stereocenters. The van der Waals surface area contributed by atoms with Gasteiger partial charge in [0.2, 0.25) is 0 Å². The molecule has 0 saturated carbocycles. The van der Waals surface area contributed by atoms with Gasteiger partial charge in [-0.15, -0.1) is 0 Å². The fourth-order valence-corrected chi connectivity index (χ4v) is 11.5. The van der Waals surface area contributed by atoms with Gasteiger partial charge in [0, 0.05) is 38.2 Å². The van der Waals surface area contributed by atoms with Crippen molar-refractivity contribution in [3.8, 4) is 73.3 Å². The van der Waals surface area contributed by atoms with E-state index in [9.17, 15) is 5.26 Å². The predicted octanol–water partition coefficient (Wildman–Crippen LogP) is 17.3. The Labute approximate surface area is 409 Å². The first kappa shape index (κ1) is 42.6. The molecule has 4 nitrogen and oxygen atoms in total. The van der Waals surface area contributed by atoms with Crippen LogP contribution in [0.3, 0.4) is 0 Å². The van der Waals surface area contributed by atoms with Crippen molar-refractivity contribution in [1.29, 1.82) is 5.26 Å². The number of para-hydroxylation sites is 2. The van der Waals surface area contributed by atoms with Gasteiger partial charge in [-0.2, -0.15) is 5.26 Å². The third-order valence-electron chi connectivity index (χ3n) is 14.3. The van der Waals surface area contributed by atoms with Gasteiger partial charge in [0.15, 0.2) is 0 Å². The predicted molar refractivity (Wildman–Crippen MR) is 293 cm³/mol. The zero-order chi connectivity index (χ0) is 47.8. The van der Waals surface area contributed by atoms with Gasteiger partial charge in [0.05, 0.1) is 56.5 Å². The topological polar surface area (TPSA) is 46.5 Å². The van der Waals surface area contributed by atoms with Crippen LogP contribution in [0.15, 0.2) is 194 Å². The number of rotatable bonds is 7. The summed E-state index contributed by atoms with van der Waals surface area (Å²) < 4.78 is 4.81. The van der Waals surface area contributed by atoms with E-state index in [1.54, 1.807) is 0 Å². The van der Waals surface area contributed by atoms with Crippen LogP contribution in [-0.4, -0.2) is 14.1 Å². The second-order valence-corrected chi connectivity index (χ2v) is 19.1. The third kappa shape index (κ3) is 7.01. The Kier molecular flexibility index (Phi) is 10.2. The molecule has 4 heteroatoms. The zero-order valence-corrected chi connectivity index (χ0v) is 40.3. The van der Waals surface area contributed by atoms with E-state index in [4.69, 9.17) is 4.98 Å². The van der Waals surface area contributed by atoms with Crippen LogP contribution in [0.2, 0.25) is 0 Å². The molecule has 0 saturated heterocycles. The molecule has 0 amide bonds. The maximum Gasteiger partial charge on any atom is 0.0998 e. The number of nitriles is 1. The first-order chi connectivity index (χ1) is 34.1. The Morgan fingerprint density at radius 3 is 1.20 bits per heavy atom. The van der Waals surface area contributed by atoms with Gasteiger partial charge in [-0.3, -0.25) is 0 Å². The number of nitrogens with zero attached hydrogens (tertiary/aromatic N) is 4. The minimum Gasteiger partial charge on any atom is -0.307 e. The number of benzene rings is 9. The summed E-state index contributed by atoms with van der Waals surface area (Å²) in [6, 6.07) is 72.4. The first-order valence-electron chi connectivity index (χ1n) is 24.1.